The van der Waals surface area contributed by atoms with Crippen LogP contribution in [0.5, 0.6) is 5.75 Å². The molecular formula is C21H25NO2. The van der Waals surface area contributed by atoms with E-state index in [4.69, 9.17) is 4.74 Å². The van der Waals surface area contributed by atoms with Crippen LogP contribution in [0.4, 0.5) is 5.69 Å². The maximum Gasteiger partial charge on any atom is 0.258 e. The molecule has 3 heteroatoms. The van der Waals surface area contributed by atoms with Crippen LogP contribution in [0.15, 0.2) is 36.4 Å². The smallest absolute Gasteiger partial charge is 0.258 e. The van der Waals surface area contributed by atoms with Crippen molar-refractivity contribution in [3.63, 3.8) is 0 Å². The van der Waals surface area contributed by atoms with Gasteiger partial charge in [0.25, 0.3) is 5.91 Å². The van der Waals surface area contributed by atoms with E-state index >= 15 is 0 Å². The highest BCUT2D eigenvalue weighted by molar-refractivity contribution is 6.08. The highest BCUT2D eigenvalue weighted by atomic mass is 16.5. The summed E-state index contributed by atoms with van der Waals surface area (Å²) in [5.74, 6) is 1.25. The normalized spacial score (nSPS) is 13.8. The zero-order valence-corrected chi connectivity index (χ0v) is 14.9. The number of amides is 1. The van der Waals surface area contributed by atoms with Crippen molar-refractivity contribution < 1.29 is 9.53 Å². The highest BCUT2D eigenvalue weighted by Gasteiger charge is 2.25. The molecule has 126 valence electrons. The average Bonchev–Trinajstić information content (AvgIpc) is 2.60. The van der Waals surface area contributed by atoms with Crippen LogP contribution in [0.3, 0.4) is 0 Å². The van der Waals surface area contributed by atoms with Crippen molar-refractivity contribution in [3.05, 3.63) is 58.7 Å². The Bertz CT molecular complexity index is 764. The first-order chi connectivity index (χ1) is 11.5. The number of fused-ring (bicyclic) bond motifs is 1. The lowest BCUT2D eigenvalue weighted by Gasteiger charge is -2.30. The Labute approximate surface area is 144 Å². The van der Waals surface area contributed by atoms with Crippen LogP contribution in [0, 0.1) is 6.92 Å². The number of hydrogen-bond acceptors (Lipinski definition) is 2. The van der Waals surface area contributed by atoms with E-state index in [1.807, 2.05) is 36.1 Å². The van der Waals surface area contributed by atoms with Crippen molar-refractivity contribution in [1.29, 1.82) is 0 Å². The molecule has 0 aromatic heterocycles. The van der Waals surface area contributed by atoms with Gasteiger partial charge in [0.05, 0.1) is 7.11 Å². The monoisotopic (exact) mass is 323 g/mol. The van der Waals surface area contributed by atoms with Crippen molar-refractivity contribution in [2.75, 3.05) is 18.6 Å². The SMILES string of the molecule is COc1cc(C)c(C(=O)N2CCCc3ccccc32)cc1C(C)C. The van der Waals surface area contributed by atoms with Crippen molar-refractivity contribution in [3.8, 4) is 5.75 Å². The topological polar surface area (TPSA) is 29.5 Å². The lowest BCUT2D eigenvalue weighted by Crippen LogP contribution is -2.35. The van der Waals surface area contributed by atoms with Gasteiger partial charge in [-0.1, -0.05) is 32.0 Å². The van der Waals surface area contributed by atoms with E-state index in [1.165, 1.54) is 5.56 Å². The second kappa shape index (κ2) is 6.68. The highest BCUT2D eigenvalue weighted by Crippen LogP contribution is 2.33. The van der Waals surface area contributed by atoms with Crippen molar-refractivity contribution in [2.24, 2.45) is 0 Å². The van der Waals surface area contributed by atoms with E-state index in [1.54, 1.807) is 7.11 Å². The van der Waals surface area contributed by atoms with Crippen LogP contribution in [0.1, 0.15) is 53.2 Å². The Balaban J connectivity index is 2.04. The number of para-hydroxylation sites is 1. The molecule has 0 saturated heterocycles. The quantitative estimate of drug-likeness (QED) is 0.818. The molecule has 2 aromatic carbocycles. The van der Waals surface area contributed by atoms with Gasteiger partial charge in [-0.3, -0.25) is 4.79 Å². The van der Waals surface area contributed by atoms with E-state index in [0.717, 1.165) is 47.5 Å². The van der Waals surface area contributed by atoms with Crippen LogP contribution in [-0.4, -0.2) is 19.6 Å². The third kappa shape index (κ3) is 2.91. The molecule has 0 unspecified atom stereocenters. The molecule has 1 amide bonds. The first kappa shape index (κ1) is 16.6. The fraction of sp³-hybridized carbons (Fsp3) is 0.381. The minimum absolute atomic E-state index is 0.0872. The van der Waals surface area contributed by atoms with Crippen LogP contribution in [0.2, 0.25) is 0 Å². The lowest BCUT2D eigenvalue weighted by molar-refractivity contribution is 0.0984. The molecule has 3 rings (SSSR count). The molecule has 3 nitrogen and oxygen atoms in total. The second-order valence-electron chi connectivity index (χ2n) is 6.75. The zero-order chi connectivity index (χ0) is 17.3. The molecule has 1 heterocycles. The van der Waals surface area contributed by atoms with Crippen LogP contribution in [0.25, 0.3) is 0 Å². The summed E-state index contributed by atoms with van der Waals surface area (Å²) < 4.78 is 5.50. The summed E-state index contributed by atoms with van der Waals surface area (Å²) in [5.41, 5.74) is 5.12. The summed E-state index contributed by atoms with van der Waals surface area (Å²) in [6.07, 6.45) is 2.05. The maximum atomic E-state index is 13.2. The molecule has 0 spiro atoms. The number of rotatable bonds is 3. The molecule has 0 atom stereocenters. The summed E-state index contributed by atoms with van der Waals surface area (Å²) in [6.45, 7) is 7.00. The van der Waals surface area contributed by atoms with Gasteiger partial charge in [0.2, 0.25) is 0 Å². The van der Waals surface area contributed by atoms with Crippen LogP contribution >= 0.6 is 0 Å². The van der Waals surface area contributed by atoms with Crippen molar-refractivity contribution in [2.45, 2.75) is 39.5 Å². The average molecular weight is 323 g/mol. The summed E-state index contributed by atoms with van der Waals surface area (Å²) in [5, 5.41) is 0. The van der Waals surface area contributed by atoms with Gasteiger partial charge in [0.1, 0.15) is 5.75 Å². The number of aryl methyl sites for hydroxylation is 2. The summed E-state index contributed by atoms with van der Waals surface area (Å²) >= 11 is 0. The summed E-state index contributed by atoms with van der Waals surface area (Å²) in [4.78, 5) is 15.2. The van der Waals surface area contributed by atoms with Gasteiger partial charge in [0.15, 0.2) is 0 Å². The largest absolute Gasteiger partial charge is 0.496 e. The Kier molecular flexibility index (Phi) is 4.61. The molecule has 0 radical (unpaired) electrons. The molecule has 0 fully saturated rings. The third-order valence-electron chi connectivity index (χ3n) is 4.78. The molecule has 0 N–H and O–H groups in total. The van der Waals surface area contributed by atoms with Crippen LogP contribution < -0.4 is 9.64 Å². The minimum Gasteiger partial charge on any atom is -0.496 e. The van der Waals surface area contributed by atoms with Gasteiger partial charge in [-0.05, 0) is 60.6 Å². The number of methoxy groups -OCH3 is 1. The number of nitrogens with zero attached hydrogens (tertiary/aromatic N) is 1. The molecule has 0 saturated carbocycles. The van der Waals surface area contributed by atoms with Crippen molar-refractivity contribution >= 4 is 11.6 Å². The standard InChI is InChI=1S/C21H25NO2/c1-14(2)17-13-18(15(3)12-20(17)24-4)21(23)22-11-7-9-16-8-5-6-10-19(16)22/h5-6,8,10,12-14H,7,9,11H2,1-4H3. The minimum atomic E-state index is 0.0872. The predicted octanol–water partition coefficient (Wildman–Crippen LogP) is 4.72. The van der Waals surface area contributed by atoms with Gasteiger partial charge in [-0.2, -0.15) is 0 Å². The van der Waals surface area contributed by atoms with Gasteiger partial charge < -0.3 is 9.64 Å². The number of carbonyl (C=O) groups excluding carboxylic acids is 1. The Morgan fingerprint density at radius 3 is 2.67 bits per heavy atom. The number of benzene rings is 2. The fourth-order valence-corrected chi connectivity index (χ4v) is 3.45. The fourth-order valence-electron chi connectivity index (χ4n) is 3.45. The first-order valence-corrected chi connectivity index (χ1v) is 8.61. The second-order valence-corrected chi connectivity index (χ2v) is 6.75. The molecular weight excluding hydrogens is 298 g/mol. The first-order valence-electron chi connectivity index (χ1n) is 8.61. The van der Waals surface area contributed by atoms with Crippen LogP contribution in [-0.2, 0) is 6.42 Å². The molecule has 24 heavy (non-hydrogen) atoms. The molecule has 2 aromatic rings. The van der Waals surface area contributed by atoms with Crippen molar-refractivity contribution in [1.82, 2.24) is 0 Å². The van der Waals surface area contributed by atoms with Gasteiger partial charge in [-0.15, -0.1) is 0 Å². The Morgan fingerprint density at radius 1 is 1.21 bits per heavy atom. The number of carbonyl (C=O) groups is 1. The zero-order valence-electron chi connectivity index (χ0n) is 14.9. The van der Waals surface area contributed by atoms with E-state index in [9.17, 15) is 4.79 Å². The van der Waals surface area contributed by atoms with Gasteiger partial charge in [0, 0.05) is 17.8 Å². The molecule has 0 aliphatic carbocycles. The van der Waals surface area contributed by atoms with E-state index in [2.05, 4.69) is 26.0 Å². The predicted molar refractivity (Wildman–Crippen MR) is 98.3 cm³/mol. The Morgan fingerprint density at radius 2 is 1.96 bits per heavy atom. The third-order valence-corrected chi connectivity index (χ3v) is 4.78. The number of hydrogen-bond donors (Lipinski definition) is 0. The van der Waals surface area contributed by atoms with E-state index in [0.29, 0.717) is 5.92 Å². The molecule has 1 aliphatic rings. The summed E-state index contributed by atoms with van der Waals surface area (Å²) in [7, 11) is 1.68. The molecule has 1 aliphatic heterocycles. The van der Waals surface area contributed by atoms with E-state index in [-0.39, 0.29) is 5.91 Å². The summed E-state index contributed by atoms with van der Waals surface area (Å²) in [6, 6.07) is 12.2. The van der Waals surface area contributed by atoms with Gasteiger partial charge >= 0.3 is 0 Å². The molecule has 0 bridgehead atoms. The number of anilines is 1. The lowest BCUT2D eigenvalue weighted by atomic mass is 9.94. The van der Waals surface area contributed by atoms with Gasteiger partial charge in [-0.25, -0.2) is 0 Å². The number of ether oxygens (including phenoxy) is 1. The Hall–Kier alpha value is -2.29. The van der Waals surface area contributed by atoms with E-state index < -0.39 is 0 Å². The maximum absolute atomic E-state index is 13.2.